The molecule has 160 valence electrons. The Morgan fingerprint density at radius 2 is 1.71 bits per heavy atom. The molecule has 7 heteroatoms. The van der Waals surface area contributed by atoms with Crippen molar-refractivity contribution in [2.45, 2.75) is 39.4 Å². The average Bonchev–Trinajstić information content (AvgIpc) is 3.07. The summed E-state index contributed by atoms with van der Waals surface area (Å²) >= 11 is 0. The van der Waals surface area contributed by atoms with Gasteiger partial charge in [0.1, 0.15) is 11.4 Å². The monoisotopic (exact) mass is 418 g/mol. The van der Waals surface area contributed by atoms with Gasteiger partial charge in [0.15, 0.2) is 5.78 Å². The van der Waals surface area contributed by atoms with Gasteiger partial charge in [-0.05, 0) is 37.5 Å². The summed E-state index contributed by atoms with van der Waals surface area (Å²) < 4.78 is 2.39. The molecule has 1 aliphatic rings. The van der Waals surface area contributed by atoms with Crippen molar-refractivity contribution in [1.29, 1.82) is 0 Å². The molecule has 0 fully saturated rings. The van der Waals surface area contributed by atoms with Crippen LogP contribution in [0.3, 0.4) is 0 Å². The number of nitrogens with zero attached hydrogens (tertiary/aromatic N) is 3. The van der Waals surface area contributed by atoms with Crippen LogP contribution in [0.2, 0.25) is 0 Å². The molecule has 2 N–H and O–H groups in total. The summed E-state index contributed by atoms with van der Waals surface area (Å²) in [5, 5.41) is 0. The van der Waals surface area contributed by atoms with Gasteiger partial charge < -0.3 is 10.6 Å². The standard InChI is InChI=1S/C24H26N4O3/c1-3-26-23(30)21(22(25)28(24(26)31)14-17-9-5-4-6-10-17)20(29)15-27-16(2)13-18-11-7-8-12-19(18)27/h4-12,16H,3,13-15,25H2,1-2H3/t16-/m0/s1. The first-order valence-electron chi connectivity index (χ1n) is 10.5. The lowest BCUT2D eigenvalue weighted by molar-refractivity contribution is 0.0995. The number of Topliss-reactive ketones (excluding diaryl/α,β-unsaturated/α-hetero) is 1. The number of para-hydroxylation sites is 1. The highest BCUT2D eigenvalue weighted by atomic mass is 16.2. The van der Waals surface area contributed by atoms with Crippen molar-refractivity contribution in [3.63, 3.8) is 0 Å². The maximum atomic E-state index is 13.3. The third-order valence-electron chi connectivity index (χ3n) is 5.91. The molecule has 0 unspecified atom stereocenters. The van der Waals surface area contributed by atoms with E-state index in [-0.39, 0.29) is 42.8 Å². The first kappa shape index (κ1) is 20.7. The number of ketones is 1. The van der Waals surface area contributed by atoms with E-state index in [2.05, 4.69) is 13.0 Å². The van der Waals surface area contributed by atoms with Crippen LogP contribution in [0.1, 0.15) is 35.3 Å². The summed E-state index contributed by atoms with van der Waals surface area (Å²) in [6, 6.07) is 17.4. The first-order chi connectivity index (χ1) is 14.9. The molecule has 2 aromatic carbocycles. The summed E-state index contributed by atoms with van der Waals surface area (Å²) in [4.78, 5) is 41.3. The van der Waals surface area contributed by atoms with E-state index in [0.717, 1.165) is 22.2 Å². The summed E-state index contributed by atoms with van der Waals surface area (Å²) in [7, 11) is 0. The number of rotatable bonds is 6. The normalized spacial score (nSPS) is 15.2. The maximum absolute atomic E-state index is 13.3. The second kappa shape index (κ2) is 8.26. The van der Waals surface area contributed by atoms with Gasteiger partial charge in [-0.3, -0.25) is 18.7 Å². The van der Waals surface area contributed by atoms with Crippen molar-refractivity contribution in [2.75, 3.05) is 17.2 Å². The highest BCUT2D eigenvalue weighted by molar-refractivity contribution is 6.02. The van der Waals surface area contributed by atoms with Gasteiger partial charge in [0.25, 0.3) is 5.56 Å². The third-order valence-corrected chi connectivity index (χ3v) is 5.91. The molecule has 4 rings (SSSR count). The van der Waals surface area contributed by atoms with Crippen molar-refractivity contribution < 1.29 is 4.79 Å². The lowest BCUT2D eigenvalue weighted by atomic mass is 10.1. The quantitative estimate of drug-likeness (QED) is 0.621. The molecular formula is C24H26N4O3. The minimum Gasteiger partial charge on any atom is -0.384 e. The summed E-state index contributed by atoms with van der Waals surface area (Å²) in [5.74, 6) is -0.455. The Kier molecular flexibility index (Phi) is 5.50. The minimum absolute atomic E-state index is 0.0326. The molecule has 0 aliphatic carbocycles. The predicted octanol–water partition coefficient (Wildman–Crippen LogP) is 2.29. The van der Waals surface area contributed by atoms with Crippen LogP contribution in [0.4, 0.5) is 11.5 Å². The second-order valence-electron chi connectivity index (χ2n) is 7.90. The van der Waals surface area contributed by atoms with E-state index >= 15 is 0 Å². The predicted molar refractivity (Wildman–Crippen MR) is 122 cm³/mol. The van der Waals surface area contributed by atoms with Gasteiger partial charge in [-0.1, -0.05) is 48.5 Å². The summed E-state index contributed by atoms with van der Waals surface area (Å²) in [5.41, 5.74) is 8.05. The van der Waals surface area contributed by atoms with E-state index in [0.29, 0.717) is 0 Å². The van der Waals surface area contributed by atoms with Gasteiger partial charge in [0, 0.05) is 18.3 Å². The lowest BCUT2D eigenvalue weighted by Crippen LogP contribution is -2.45. The fourth-order valence-electron chi connectivity index (χ4n) is 4.28. The number of carbonyl (C=O) groups is 1. The number of carbonyl (C=O) groups excluding carboxylic acids is 1. The Hall–Kier alpha value is -3.61. The van der Waals surface area contributed by atoms with Crippen molar-refractivity contribution >= 4 is 17.3 Å². The maximum Gasteiger partial charge on any atom is 0.332 e. The van der Waals surface area contributed by atoms with E-state index < -0.39 is 11.2 Å². The van der Waals surface area contributed by atoms with Gasteiger partial charge in [0.05, 0.1) is 13.1 Å². The zero-order valence-electron chi connectivity index (χ0n) is 17.7. The Labute approximate surface area is 180 Å². The van der Waals surface area contributed by atoms with Gasteiger partial charge in [-0.2, -0.15) is 0 Å². The highest BCUT2D eigenvalue weighted by Crippen LogP contribution is 2.31. The van der Waals surface area contributed by atoms with Crippen molar-refractivity contribution in [3.8, 4) is 0 Å². The van der Waals surface area contributed by atoms with Crippen LogP contribution in [0.25, 0.3) is 0 Å². The molecule has 7 nitrogen and oxygen atoms in total. The Morgan fingerprint density at radius 1 is 1.03 bits per heavy atom. The third kappa shape index (κ3) is 3.67. The fourth-order valence-corrected chi connectivity index (χ4v) is 4.28. The zero-order valence-corrected chi connectivity index (χ0v) is 17.7. The lowest BCUT2D eigenvalue weighted by Gasteiger charge is -2.24. The molecule has 1 aliphatic heterocycles. The van der Waals surface area contributed by atoms with Crippen LogP contribution >= 0.6 is 0 Å². The largest absolute Gasteiger partial charge is 0.384 e. The van der Waals surface area contributed by atoms with Crippen LogP contribution in [0.5, 0.6) is 0 Å². The second-order valence-corrected chi connectivity index (χ2v) is 7.90. The number of fused-ring (bicyclic) bond motifs is 1. The Morgan fingerprint density at radius 3 is 2.42 bits per heavy atom. The highest BCUT2D eigenvalue weighted by Gasteiger charge is 2.30. The van der Waals surface area contributed by atoms with Crippen LogP contribution in [-0.2, 0) is 19.5 Å². The van der Waals surface area contributed by atoms with Gasteiger partial charge in [-0.25, -0.2) is 4.79 Å². The Balaban J connectivity index is 1.76. The van der Waals surface area contributed by atoms with E-state index in [4.69, 9.17) is 5.73 Å². The molecule has 0 amide bonds. The van der Waals surface area contributed by atoms with E-state index in [1.165, 1.54) is 10.1 Å². The van der Waals surface area contributed by atoms with E-state index in [1.54, 1.807) is 6.92 Å². The van der Waals surface area contributed by atoms with Crippen molar-refractivity contribution in [1.82, 2.24) is 9.13 Å². The summed E-state index contributed by atoms with van der Waals surface area (Å²) in [6.45, 7) is 4.14. The number of nitrogen functional groups attached to an aromatic ring is 1. The minimum atomic E-state index is -0.626. The van der Waals surface area contributed by atoms with Crippen LogP contribution < -0.4 is 21.9 Å². The van der Waals surface area contributed by atoms with Gasteiger partial charge in [-0.15, -0.1) is 0 Å². The van der Waals surface area contributed by atoms with Crippen molar-refractivity contribution in [2.24, 2.45) is 0 Å². The molecule has 0 spiro atoms. The van der Waals surface area contributed by atoms with Crippen LogP contribution in [-0.4, -0.2) is 27.5 Å². The van der Waals surface area contributed by atoms with E-state index in [1.807, 2.05) is 53.4 Å². The molecular weight excluding hydrogens is 392 g/mol. The van der Waals surface area contributed by atoms with E-state index in [9.17, 15) is 14.4 Å². The fraction of sp³-hybridized carbons (Fsp3) is 0.292. The van der Waals surface area contributed by atoms with Crippen LogP contribution in [0, 0.1) is 0 Å². The molecule has 3 aromatic rings. The average molecular weight is 418 g/mol. The Bertz CT molecular complexity index is 1240. The SMILES string of the molecule is CCn1c(=O)c(C(=O)CN2c3ccccc3C[C@@H]2C)c(N)n(Cc2ccccc2)c1=O. The number of hydrogen-bond acceptors (Lipinski definition) is 5. The number of anilines is 2. The molecule has 0 radical (unpaired) electrons. The molecule has 1 aromatic heterocycles. The molecule has 0 saturated carbocycles. The van der Waals surface area contributed by atoms with Gasteiger partial charge in [0.2, 0.25) is 0 Å². The molecule has 0 saturated heterocycles. The van der Waals surface area contributed by atoms with Crippen molar-refractivity contribution in [3.05, 3.63) is 92.1 Å². The number of nitrogens with two attached hydrogens (primary N) is 1. The summed E-state index contributed by atoms with van der Waals surface area (Å²) in [6.07, 6.45) is 0.839. The number of aromatic nitrogens is 2. The first-order valence-corrected chi connectivity index (χ1v) is 10.5. The van der Waals surface area contributed by atoms with Gasteiger partial charge >= 0.3 is 5.69 Å². The topological polar surface area (TPSA) is 90.3 Å². The molecule has 31 heavy (non-hydrogen) atoms. The zero-order chi connectivity index (χ0) is 22.1. The smallest absolute Gasteiger partial charge is 0.332 e. The molecule has 0 bridgehead atoms. The van der Waals surface area contributed by atoms with Crippen LogP contribution in [0.15, 0.2) is 64.2 Å². The molecule has 1 atom stereocenters. The number of benzene rings is 2. The molecule has 2 heterocycles. The number of hydrogen-bond donors (Lipinski definition) is 1.